The molecule has 1 aliphatic rings. The fraction of sp³-hybridized carbons (Fsp3) is 0.400. The second kappa shape index (κ2) is 5.11. The van der Waals surface area contributed by atoms with Gasteiger partial charge in [0.2, 0.25) is 0 Å². The van der Waals surface area contributed by atoms with E-state index in [-0.39, 0.29) is 5.92 Å². The first-order valence-electron chi connectivity index (χ1n) is 6.03. The van der Waals surface area contributed by atoms with Gasteiger partial charge in [-0.05, 0) is 30.4 Å². The second-order valence-corrected chi connectivity index (χ2v) is 4.58. The minimum Gasteiger partial charge on any atom is -0.299 e. The zero-order valence-electron chi connectivity index (χ0n) is 9.61. The molecule has 1 heteroatoms. The molecular weight excluding hydrogens is 196 g/mol. The first kappa shape index (κ1) is 11.1. The van der Waals surface area contributed by atoms with Crippen molar-refractivity contribution < 1.29 is 4.79 Å². The Morgan fingerprint density at radius 2 is 2.00 bits per heavy atom. The lowest BCUT2D eigenvalue weighted by Crippen LogP contribution is -2.19. The predicted octanol–water partition coefficient (Wildman–Crippen LogP) is 3.85. The van der Waals surface area contributed by atoms with Crippen molar-refractivity contribution >= 4 is 11.4 Å². The smallest absolute Gasteiger partial charge is 0.136 e. The van der Waals surface area contributed by atoms with Crippen LogP contribution in [0.3, 0.4) is 0 Å². The van der Waals surface area contributed by atoms with E-state index >= 15 is 0 Å². The molecule has 0 unspecified atom stereocenters. The van der Waals surface area contributed by atoms with Crippen molar-refractivity contribution in [2.45, 2.75) is 32.1 Å². The number of hydrogen-bond acceptors (Lipinski definition) is 1. The van der Waals surface area contributed by atoms with Crippen LogP contribution >= 0.6 is 0 Å². The molecule has 0 amide bonds. The number of benzene rings is 1. The highest BCUT2D eigenvalue weighted by molar-refractivity contribution is 5.83. The Bertz CT molecular complexity index is 378. The van der Waals surface area contributed by atoms with Crippen molar-refractivity contribution in [1.82, 2.24) is 0 Å². The molecule has 1 saturated carbocycles. The molecule has 0 heterocycles. The summed E-state index contributed by atoms with van der Waals surface area (Å²) in [5.74, 6) is 0.657. The normalized spacial score (nSPS) is 20.8. The Kier molecular flexibility index (Phi) is 3.55. The van der Waals surface area contributed by atoms with E-state index in [0.29, 0.717) is 5.78 Å². The average molecular weight is 214 g/mol. The first-order valence-corrected chi connectivity index (χ1v) is 6.03. The fourth-order valence-electron chi connectivity index (χ4n) is 2.36. The summed E-state index contributed by atoms with van der Waals surface area (Å²) in [7, 11) is 0. The van der Waals surface area contributed by atoms with E-state index in [1.54, 1.807) is 0 Å². The first-order chi connectivity index (χ1) is 7.77. The maximum atomic E-state index is 11.7. The van der Waals surface area contributed by atoms with Crippen molar-refractivity contribution in [3.63, 3.8) is 0 Å². The molecule has 1 atom stereocenters. The summed E-state index contributed by atoms with van der Waals surface area (Å²) in [6.07, 6.45) is 4.92. The van der Waals surface area contributed by atoms with Gasteiger partial charge in [0.1, 0.15) is 5.78 Å². The minimum absolute atomic E-state index is 0.224. The number of ketones is 1. The quantitative estimate of drug-likeness (QED) is 0.747. The van der Waals surface area contributed by atoms with Gasteiger partial charge in [0, 0.05) is 12.3 Å². The Morgan fingerprint density at radius 1 is 1.25 bits per heavy atom. The monoisotopic (exact) mass is 214 g/mol. The lowest BCUT2D eigenvalue weighted by atomic mass is 9.82. The van der Waals surface area contributed by atoms with Gasteiger partial charge in [0.15, 0.2) is 0 Å². The van der Waals surface area contributed by atoms with Crippen LogP contribution in [-0.4, -0.2) is 5.78 Å². The molecule has 1 aromatic carbocycles. The van der Waals surface area contributed by atoms with Gasteiger partial charge in [-0.15, -0.1) is 0 Å². The number of Topliss-reactive ketones (excluding diaryl/α,β-unsaturated/α-hetero) is 1. The molecule has 1 aliphatic carbocycles. The van der Waals surface area contributed by atoms with Gasteiger partial charge < -0.3 is 0 Å². The van der Waals surface area contributed by atoms with Gasteiger partial charge in [-0.1, -0.05) is 43.3 Å². The molecule has 0 N–H and O–H groups in total. The fourth-order valence-corrected chi connectivity index (χ4v) is 2.36. The SMILES string of the molecule is C=C(C[C@H]1CCCCC1=O)c1ccccc1. The number of allylic oxidation sites excluding steroid dienone is 1. The van der Waals surface area contributed by atoms with Crippen molar-refractivity contribution in [2.24, 2.45) is 5.92 Å². The molecule has 0 aromatic heterocycles. The van der Waals surface area contributed by atoms with Gasteiger partial charge in [0.25, 0.3) is 0 Å². The number of rotatable bonds is 3. The summed E-state index contributed by atoms with van der Waals surface area (Å²) in [5.41, 5.74) is 2.27. The van der Waals surface area contributed by atoms with Crippen molar-refractivity contribution in [3.8, 4) is 0 Å². The lowest BCUT2D eigenvalue weighted by molar-refractivity contribution is -0.124. The summed E-state index contributed by atoms with van der Waals surface area (Å²) in [5, 5.41) is 0. The molecule has 84 valence electrons. The molecule has 2 rings (SSSR count). The maximum absolute atomic E-state index is 11.7. The van der Waals surface area contributed by atoms with Gasteiger partial charge in [0.05, 0.1) is 0 Å². The zero-order valence-corrected chi connectivity index (χ0v) is 9.61. The van der Waals surface area contributed by atoms with Crippen LogP contribution in [0, 0.1) is 5.92 Å². The van der Waals surface area contributed by atoms with Gasteiger partial charge >= 0.3 is 0 Å². The van der Waals surface area contributed by atoms with Crippen molar-refractivity contribution in [2.75, 3.05) is 0 Å². The number of carbonyl (C=O) groups excluding carboxylic acids is 1. The summed E-state index contributed by atoms with van der Waals surface area (Å²) in [6, 6.07) is 10.2. The summed E-state index contributed by atoms with van der Waals surface area (Å²) < 4.78 is 0. The molecular formula is C15H18O. The van der Waals surface area contributed by atoms with Crippen molar-refractivity contribution in [3.05, 3.63) is 42.5 Å². The lowest BCUT2D eigenvalue weighted by Gasteiger charge is -2.21. The number of hydrogen-bond donors (Lipinski definition) is 0. The van der Waals surface area contributed by atoms with Gasteiger partial charge in [-0.2, -0.15) is 0 Å². The summed E-state index contributed by atoms with van der Waals surface area (Å²) in [4.78, 5) is 11.7. The minimum atomic E-state index is 0.224. The van der Waals surface area contributed by atoms with Crippen LogP contribution in [0.4, 0.5) is 0 Å². The van der Waals surface area contributed by atoms with E-state index in [2.05, 4.69) is 18.7 Å². The molecule has 16 heavy (non-hydrogen) atoms. The van der Waals surface area contributed by atoms with Crippen LogP contribution in [0.15, 0.2) is 36.9 Å². The molecule has 0 radical (unpaired) electrons. The van der Waals surface area contributed by atoms with Crippen LogP contribution in [-0.2, 0) is 4.79 Å². The molecule has 0 bridgehead atoms. The highest BCUT2D eigenvalue weighted by Crippen LogP contribution is 2.29. The highest BCUT2D eigenvalue weighted by Gasteiger charge is 2.22. The number of carbonyl (C=O) groups is 1. The van der Waals surface area contributed by atoms with Gasteiger partial charge in [-0.3, -0.25) is 4.79 Å². The Hall–Kier alpha value is -1.37. The van der Waals surface area contributed by atoms with E-state index in [4.69, 9.17) is 0 Å². The molecule has 0 aliphatic heterocycles. The largest absolute Gasteiger partial charge is 0.299 e. The Balaban J connectivity index is 1.99. The Morgan fingerprint density at radius 3 is 2.69 bits per heavy atom. The van der Waals surface area contributed by atoms with Crippen LogP contribution in [0.5, 0.6) is 0 Å². The molecule has 1 nitrogen and oxygen atoms in total. The Labute approximate surface area is 97.2 Å². The predicted molar refractivity (Wildman–Crippen MR) is 67.1 cm³/mol. The summed E-state index contributed by atoms with van der Waals surface area (Å²) >= 11 is 0. The van der Waals surface area contributed by atoms with E-state index < -0.39 is 0 Å². The molecule has 0 saturated heterocycles. The van der Waals surface area contributed by atoms with Crippen LogP contribution in [0.25, 0.3) is 5.57 Å². The van der Waals surface area contributed by atoms with Crippen LogP contribution < -0.4 is 0 Å². The highest BCUT2D eigenvalue weighted by atomic mass is 16.1. The average Bonchev–Trinajstić information content (AvgIpc) is 2.33. The zero-order chi connectivity index (χ0) is 11.4. The second-order valence-electron chi connectivity index (χ2n) is 4.58. The third-order valence-electron chi connectivity index (χ3n) is 3.36. The molecule has 1 fully saturated rings. The van der Waals surface area contributed by atoms with Gasteiger partial charge in [-0.25, -0.2) is 0 Å². The van der Waals surface area contributed by atoms with Crippen LogP contribution in [0.1, 0.15) is 37.7 Å². The van der Waals surface area contributed by atoms with E-state index in [9.17, 15) is 4.79 Å². The third kappa shape index (κ3) is 2.60. The molecule has 1 aromatic rings. The van der Waals surface area contributed by atoms with Crippen LogP contribution in [0.2, 0.25) is 0 Å². The topological polar surface area (TPSA) is 17.1 Å². The maximum Gasteiger partial charge on any atom is 0.136 e. The van der Waals surface area contributed by atoms with E-state index in [0.717, 1.165) is 31.3 Å². The third-order valence-corrected chi connectivity index (χ3v) is 3.36. The van der Waals surface area contributed by atoms with E-state index in [1.165, 1.54) is 12.0 Å². The summed E-state index contributed by atoms with van der Waals surface area (Å²) in [6.45, 7) is 4.10. The molecule has 0 spiro atoms. The van der Waals surface area contributed by atoms with Crippen molar-refractivity contribution in [1.29, 1.82) is 0 Å². The van der Waals surface area contributed by atoms with E-state index in [1.807, 2.05) is 18.2 Å². The standard InChI is InChI=1S/C15H18O/c1-12(13-7-3-2-4-8-13)11-14-9-5-6-10-15(14)16/h2-4,7-8,14H,1,5-6,9-11H2/t14-/m1/s1.